The second-order valence-electron chi connectivity index (χ2n) is 25.9. The molecule has 0 spiro atoms. The lowest BCUT2D eigenvalue weighted by molar-refractivity contribution is -0.399. The fourth-order valence-corrected chi connectivity index (χ4v) is 11.2. The molecule has 0 amide bonds. The molecule has 440 valence electrons. The van der Waals surface area contributed by atoms with Gasteiger partial charge in [0.25, 0.3) is 5.92 Å². The number of carbonyl (C=O) groups excluding carboxylic acids is 4. The number of carbonyl (C=O) groups is 4. The number of nitrogens with zero attached hydrogens (tertiary/aromatic N) is 1. The number of esters is 3. The van der Waals surface area contributed by atoms with E-state index < -0.39 is 136 Å². The van der Waals surface area contributed by atoms with Crippen LogP contribution in [0.1, 0.15) is 201 Å². The van der Waals surface area contributed by atoms with Gasteiger partial charge in [0.1, 0.15) is 23.7 Å². The molecule has 9 atom stereocenters. The molecule has 0 aromatic heterocycles. The van der Waals surface area contributed by atoms with Gasteiger partial charge in [0, 0.05) is 29.1 Å². The SMILES string of the molecule is CCCCOC(=O)C(CC(C)(C)C(C)c1ccccc1)C(C)(O)C(C)(C)C(C(=O)OCCO)C(C)(C)C(C)(O)CC(C(=O)OCCC(C)(C)C(F)(F)C(C)(C)C(F)(F)F)C(C)(O)ON1C(C)(CC)CC(=O)CC1(C)CC. The minimum Gasteiger partial charge on any atom is -0.465 e. The number of unbranched alkanes of at least 4 members (excludes halogenated alkanes) is 1. The van der Waals surface area contributed by atoms with Gasteiger partial charge < -0.3 is 34.6 Å². The number of rotatable bonds is 29. The van der Waals surface area contributed by atoms with Crippen LogP contribution in [0.25, 0.3) is 0 Å². The smallest absolute Gasteiger partial charge is 0.399 e. The number of benzene rings is 1. The molecule has 13 nitrogen and oxygen atoms in total. The van der Waals surface area contributed by atoms with Crippen molar-refractivity contribution in [1.82, 2.24) is 5.06 Å². The van der Waals surface area contributed by atoms with E-state index in [4.69, 9.17) is 19.0 Å². The van der Waals surface area contributed by atoms with Crippen LogP contribution in [0.2, 0.25) is 0 Å². The number of hydroxylamine groups is 2. The zero-order valence-corrected chi connectivity index (χ0v) is 49.3. The van der Waals surface area contributed by atoms with E-state index in [-0.39, 0.29) is 37.6 Å². The van der Waals surface area contributed by atoms with Gasteiger partial charge in [-0.05, 0) is 104 Å². The summed E-state index contributed by atoms with van der Waals surface area (Å²) < 4.78 is 91.0. The first kappa shape index (κ1) is 68.8. The van der Waals surface area contributed by atoms with Crippen molar-refractivity contribution in [1.29, 1.82) is 0 Å². The molecule has 0 saturated carbocycles. The minimum absolute atomic E-state index is 0.00523. The third kappa shape index (κ3) is 14.4. The summed E-state index contributed by atoms with van der Waals surface area (Å²) in [6, 6.07) is 9.60. The molecule has 9 unspecified atom stereocenters. The standard InChI is InChI=1S/C58H96F5NO12/c1-20-23-31-73-44(67)41(36-47(5,6)38(4)39-27-25-24-26-28-39)55(18,71)50(11,12)43(46(69)75-33-30-65)49(9,10)54(17,70)37-42(45(68)74-32-29-48(7,8)57(59,60)51(13,14)58(61,62)63)56(19,72)76-64-52(15,21-2)34-40(66)35-53(64,16)22-3/h24-28,38,41-43,65,70-72H,20-23,29-37H2,1-19H3. The van der Waals surface area contributed by atoms with Crippen molar-refractivity contribution in [2.45, 2.75) is 235 Å². The number of aliphatic hydroxyl groups is 4. The fraction of sp³-hybridized carbons (Fsp3) is 0.828. The molecule has 0 radical (unpaired) electrons. The molecule has 1 saturated heterocycles. The Balaban J connectivity index is 2.95. The maximum atomic E-state index is 15.9. The van der Waals surface area contributed by atoms with Crippen LogP contribution in [0, 0.1) is 44.8 Å². The normalized spacial score (nSPS) is 22.8. The summed E-state index contributed by atoms with van der Waals surface area (Å²) in [7, 11) is 0. The van der Waals surface area contributed by atoms with Gasteiger partial charge in [0.15, 0.2) is 5.79 Å². The summed E-state index contributed by atoms with van der Waals surface area (Å²) in [5, 5.41) is 50.5. The highest BCUT2D eigenvalue weighted by molar-refractivity contribution is 5.82. The van der Waals surface area contributed by atoms with Crippen molar-refractivity contribution in [2.75, 3.05) is 26.4 Å². The Hall–Kier alpha value is -3.29. The van der Waals surface area contributed by atoms with Crippen molar-refractivity contribution in [3.8, 4) is 0 Å². The Morgan fingerprint density at radius 3 is 1.62 bits per heavy atom. The molecule has 1 aliphatic rings. The maximum Gasteiger partial charge on any atom is 0.399 e. The third-order valence-electron chi connectivity index (χ3n) is 18.4. The summed E-state index contributed by atoms with van der Waals surface area (Å²) in [6.07, 6.45) is -5.02. The van der Waals surface area contributed by atoms with E-state index in [1.165, 1.54) is 46.6 Å². The highest BCUT2D eigenvalue weighted by Gasteiger charge is 2.69. The Morgan fingerprint density at radius 2 is 1.16 bits per heavy atom. The molecule has 1 aromatic carbocycles. The van der Waals surface area contributed by atoms with Crippen molar-refractivity contribution in [3.63, 3.8) is 0 Å². The second kappa shape index (κ2) is 24.6. The topological polar surface area (TPSA) is 189 Å². The number of alkyl halides is 5. The first-order chi connectivity index (χ1) is 34.2. The van der Waals surface area contributed by atoms with Gasteiger partial charge in [-0.3, -0.25) is 24.0 Å². The first-order valence-corrected chi connectivity index (χ1v) is 27.0. The van der Waals surface area contributed by atoms with E-state index in [1.807, 2.05) is 71.9 Å². The summed E-state index contributed by atoms with van der Waals surface area (Å²) in [5.74, 6) is -15.3. The second-order valence-corrected chi connectivity index (χ2v) is 25.9. The predicted molar refractivity (Wildman–Crippen MR) is 280 cm³/mol. The Kier molecular flexibility index (Phi) is 22.3. The Bertz CT molecular complexity index is 2080. The van der Waals surface area contributed by atoms with Gasteiger partial charge in [0.05, 0.1) is 53.9 Å². The van der Waals surface area contributed by atoms with E-state index in [0.29, 0.717) is 39.5 Å². The molecule has 18 heteroatoms. The van der Waals surface area contributed by atoms with Crippen LogP contribution in [-0.2, 0) is 38.2 Å². The zero-order valence-electron chi connectivity index (χ0n) is 49.3. The lowest BCUT2D eigenvalue weighted by Crippen LogP contribution is -2.67. The molecule has 1 fully saturated rings. The lowest BCUT2D eigenvalue weighted by Gasteiger charge is -2.57. The molecule has 4 N–H and O–H groups in total. The fourth-order valence-electron chi connectivity index (χ4n) is 11.2. The molecule has 0 bridgehead atoms. The van der Waals surface area contributed by atoms with Gasteiger partial charge in [-0.2, -0.15) is 18.2 Å². The van der Waals surface area contributed by atoms with Crippen LogP contribution in [0.5, 0.6) is 0 Å². The Morgan fingerprint density at radius 1 is 0.684 bits per heavy atom. The summed E-state index contributed by atoms with van der Waals surface area (Å²) in [4.78, 5) is 63.9. The molecule has 0 aliphatic carbocycles. The van der Waals surface area contributed by atoms with Crippen molar-refractivity contribution >= 4 is 23.7 Å². The third-order valence-corrected chi connectivity index (χ3v) is 18.4. The van der Waals surface area contributed by atoms with E-state index in [1.54, 1.807) is 13.8 Å². The van der Waals surface area contributed by atoms with Gasteiger partial charge in [-0.25, -0.2) is 8.78 Å². The van der Waals surface area contributed by atoms with E-state index >= 15 is 8.78 Å². The van der Waals surface area contributed by atoms with Crippen LogP contribution in [0.3, 0.4) is 0 Å². The first-order valence-electron chi connectivity index (χ1n) is 27.0. The monoisotopic (exact) mass is 1090 g/mol. The number of halogens is 5. The average molecular weight is 1090 g/mol. The molecular weight excluding hydrogens is 998 g/mol. The van der Waals surface area contributed by atoms with Crippen LogP contribution in [0.15, 0.2) is 30.3 Å². The minimum atomic E-state index is -5.32. The van der Waals surface area contributed by atoms with E-state index in [0.717, 1.165) is 26.3 Å². The van der Waals surface area contributed by atoms with Crippen molar-refractivity contribution < 1.29 is 80.6 Å². The predicted octanol–water partition coefficient (Wildman–Crippen LogP) is 11.7. The average Bonchev–Trinajstić information content (AvgIpc) is 3.29. The van der Waals surface area contributed by atoms with Gasteiger partial charge in [-0.15, -0.1) is 0 Å². The lowest BCUT2D eigenvalue weighted by atomic mass is 9.50. The van der Waals surface area contributed by atoms with Crippen LogP contribution in [0.4, 0.5) is 22.0 Å². The molecule has 1 aromatic rings. The van der Waals surface area contributed by atoms with Crippen LogP contribution < -0.4 is 0 Å². The maximum absolute atomic E-state index is 15.9. The summed E-state index contributed by atoms with van der Waals surface area (Å²) in [5.41, 5.74) is -15.9. The number of piperidine rings is 1. The van der Waals surface area contributed by atoms with Crippen molar-refractivity contribution in [3.05, 3.63) is 35.9 Å². The highest BCUT2D eigenvalue weighted by atomic mass is 19.4. The number of hydrogen-bond acceptors (Lipinski definition) is 13. The molecule has 1 heterocycles. The van der Waals surface area contributed by atoms with E-state index in [2.05, 4.69) is 0 Å². The zero-order chi connectivity index (χ0) is 59.3. The summed E-state index contributed by atoms with van der Waals surface area (Å²) >= 11 is 0. The van der Waals surface area contributed by atoms with Gasteiger partial charge in [0.2, 0.25) is 0 Å². The highest BCUT2D eigenvalue weighted by Crippen LogP contribution is 2.59. The molecule has 1 aliphatic heterocycles. The molecule has 76 heavy (non-hydrogen) atoms. The summed E-state index contributed by atoms with van der Waals surface area (Å²) in [6.45, 7) is 25.5. The van der Waals surface area contributed by atoms with Crippen LogP contribution in [-0.4, -0.2) is 116 Å². The quantitative estimate of drug-likeness (QED) is 0.0195. The van der Waals surface area contributed by atoms with Gasteiger partial charge >= 0.3 is 24.1 Å². The number of hydrogen-bond donors (Lipinski definition) is 4. The van der Waals surface area contributed by atoms with Crippen molar-refractivity contribution in [2.24, 2.45) is 44.8 Å². The van der Waals surface area contributed by atoms with E-state index in [9.17, 15) is 52.8 Å². The number of ether oxygens (including phenoxy) is 3. The number of aliphatic hydroxyl groups excluding tert-OH is 1. The van der Waals surface area contributed by atoms with Gasteiger partial charge in [-0.1, -0.05) is 120 Å². The largest absolute Gasteiger partial charge is 0.465 e. The number of Topliss-reactive ketones (excluding diaryl/α,β-unsaturated/α-hetero) is 1. The number of ketones is 1. The van der Waals surface area contributed by atoms with Crippen LogP contribution >= 0.6 is 0 Å². The molecule has 2 rings (SSSR count). The molecular formula is C58H96F5NO12. The Labute approximate surface area is 450 Å².